The van der Waals surface area contributed by atoms with Gasteiger partial charge in [-0.3, -0.25) is 9.59 Å². The summed E-state index contributed by atoms with van der Waals surface area (Å²) < 4.78 is 7.07. The van der Waals surface area contributed by atoms with E-state index in [1.165, 1.54) is 17.7 Å². The molecule has 4 rings (SSSR count). The van der Waals surface area contributed by atoms with Gasteiger partial charge in [0.25, 0.3) is 0 Å². The number of anilines is 1. The number of aliphatic hydroxyl groups is 3. The number of aromatic nitrogens is 3. The zero-order valence-electron chi connectivity index (χ0n) is 13.9. The second-order valence-electron chi connectivity index (χ2n) is 6.57. The lowest BCUT2D eigenvalue weighted by Crippen LogP contribution is -2.44. The summed E-state index contributed by atoms with van der Waals surface area (Å²) in [6, 6.07) is 0. The van der Waals surface area contributed by atoms with Gasteiger partial charge in [0.1, 0.15) is 35.3 Å². The largest absolute Gasteiger partial charge is 0.394 e. The Morgan fingerprint density at radius 2 is 2.15 bits per heavy atom. The van der Waals surface area contributed by atoms with Gasteiger partial charge in [0.2, 0.25) is 0 Å². The third-order valence-corrected chi connectivity index (χ3v) is 4.66. The molecule has 26 heavy (non-hydrogen) atoms. The molecule has 4 heterocycles. The predicted octanol–water partition coefficient (Wildman–Crippen LogP) is -1.44. The summed E-state index contributed by atoms with van der Waals surface area (Å²) in [5.41, 5.74) is -3.32. The van der Waals surface area contributed by atoms with Crippen molar-refractivity contribution in [2.75, 3.05) is 11.9 Å². The molecule has 0 spiro atoms. The normalized spacial score (nSPS) is 30.3. The summed E-state index contributed by atoms with van der Waals surface area (Å²) in [5.74, 6) is 0.865. The second kappa shape index (κ2) is 5.45. The van der Waals surface area contributed by atoms with E-state index in [0.717, 1.165) is 0 Å². The van der Waals surface area contributed by atoms with E-state index in [1.807, 2.05) is 0 Å². The summed E-state index contributed by atoms with van der Waals surface area (Å²) in [5, 5.41) is 33.5. The molecule has 2 aromatic heterocycles. The first-order chi connectivity index (χ1) is 12.2. The first kappa shape index (κ1) is 16.8. The van der Waals surface area contributed by atoms with Crippen LogP contribution >= 0.6 is 0 Å². The summed E-state index contributed by atoms with van der Waals surface area (Å²) in [6.07, 6.45) is -1.95. The highest BCUT2D eigenvalue weighted by Crippen LogP contribution is 2.44. The van der Waals surface area contributed by atoms with Crippen molar-refractivity contribution < 1.29 is 20.1 Å². The Hall–Kier alpha value is -2.60. The van der Waals surface area contributed by atoms with Crippen molar-refractivity contribution in [2.45, 2.75) is 37.9 Å². The van der Waals surface area contributed by atoms with Crippen LogP contribution in [0.1, 0.15) is 20.1 Å². The quantitative estimate of drug-likeness (QED) is 0.405. The Balaban J connectivity index is 2.01. The average Bonchev–Trinajstić information content (AvgIpc) is 2.98. The Kier molecular flexibility index (Phi) is 3.53. The van der Waals surface area contributed by atoms with Gasteiger partial charge in [0.05, 0.1) is 17.5 Å². The van der Waals surface area contributed by atoms with Gasteiger partial charge in [0, 0.05) is 6.20 Å². The number of rotatable bonds is 2. The van der Waals surface area contributed by atoms with E-state index in [-0.39, 0.29) is 11.3 Å². The molecule has 1 unspecified atom stereocenters. The zero-order chi connectivity index (χ0) is 18.8. The fraction of sp³-hybridized carbons (Fsp3) is 0.467. The third-order valence-electron chi connectivity index (χ3n) is 4.66. The van der Waals surface area contributed by atoms with Crippen molar-refractivity contribution >= 4 is 28.4 Å². The first-order valence-electron chi connectivity index (χ1n) is 7.92. The number of aromatic amines is 1. The van der Waals surface area contributed by atoms with Crippen molar-refractivity contribution in [1.82, 2.24) is 14.5 Å². The number of nitrogens with one attached hydrogen (secondary N) is 2. The van der Waals surface area contributed by atoms with Gasteiger partial charge in [-0.2, -0.15) is 4.98 Å². The molecule has 2 aromatic rings. The summed E-state index contributed by atoms with van der Waals surface area (Å²) >= 11 is 0. The molecule has 11 nitrogen and oxygen atoms in total. The SMILES string of the molecule is CC1=Nc2c3c(nc(=O)c(=O)[nH]c3cn2C2O[C@H](CO)[C@@H](O)[C@@]2(C)O)N1. The molecule has 2 aliphatic heterocycles. The fourth-order valence-corrected chi connectivity index (χ4v) is 3.36. The van der Waals surface area contributed by atoms with Gasteiger partial charge in [-0.15, -0.1) is 0 Å². The van der Waals surface area contributed by atoms with Crippen LogP contribution in [0, 0.1) is 0 Å². The van der Waals surface area contributed by atoms with Crippen LogP contribution in [0.3, 0.4) is 0 Å². The molecule has 5 N–H and O–H groups in total. The zero-order valence-corrected chi connectivity index (χ0v) is 13.9. The molecule has 0 saturated carbocycles. The Bertz CT molecular complexity index is 1050. The molecule has 0 aromatic carbocycles. The number of aliphatic imine (C=N–C) groups is 1. The van der Waals surface area contributed by atoms with Crippen LogP contribution in [0.2, 0.25) is 0 Å². The molecule has 138 valence electrons. The van der Waals surface area contributed by atoms with E-state index >= 15 is 0 Å². The molecule has 0 aliphatic carbocycles. The van der Waals surface area contributed by atoms with Crippen LogP contribution < -0.4 is 16.4 Å². The van der Waals surface area contributed by atoms with Gasteiger partial charge in [-0.1, -0.05) is 0 Å². The van der Waals surface area contributed by atoms with Crippen molar-refractivity contribution in [3.8, 4) is 0 Å². The summed E-state index contributed by atoms with van der Waals surface area (Å²) in [7, 11) is 0. The fourth-order valence-electron chi connectivity index (χ4n) is 3.36. The molecular weight excluding hydrogens is 346 g/mol. The van der Waals surface area contributed by atoms with E-state index in [9.17, 15) is 24.9 Å². The molecular formula is C15H17N5O6. The molecule has 0 bridgehead atoms. The average molecular weight is 363 g/mol. The number of hydrogen-bond acceptors (Lipinski definition) is 9. The van der Waals surface area contributed by atoms with Crippen LogP contribution in [-0.2, 0) is 4.74 Å². The number of amidine groups is 1. The minimum atomic E-state index is -1.73. The molecule has 1 fully saturated rings. The summed E-state index contributed by atoms with van der Waals surface area (Å²) in [6.45, 7) is 2.54. The van der Waals surface area contributed by atoms with Crippen LogP contribution in [0.15, 0.2) is 20.8 Å². The monoisotopic (exact) mass is 363 g/mol. The number of H-pyrrole nitrogens is 1. The van der Waals surface area contributed by atoms with E-state index in [0.29, 0.717) is 17.0 Å². The molecule has 1 saturated heterocycles. The van der Waals surface area contributed by atoms with E-state index in [4.69, 9.17) is 4.74 Å². The molecule has 11 heteroatoms. The number of aliphatic hydroxyl groups excluding tert-OH is 2. The third kappa shape index (κ3) is 2.22. The van der Waals surface area contributed by atoms with E-state index in [2.05, 4.69) is 20.3 Å². The Morgan fingerprint density at radius 3 is 2.81 bits per heavy atom. The van der Waals surface area contributed by atoms with Gasteiger partial charge in [0.15, 0.2) is 6.23 Å². The van der Waals surface area contributed by atoms with Crippen LogP contribution in [0.4, 0.5) is 11.6 Å². The highest BCUT2D eigenvalue weighted by atomic mass is 16.6. The maximum Gasteiger partial charge on any atom is 0.337 e. The molecule has 2 aliphatic rings. The smallest absolute Gasteiger partial charge is 0.337 e. The highest BCUT2D eigenvalue weighted by Gasteiger charge is 2.53. The van der Waals surface area contributed by atoms with Crippen LogP contribution in [-0.4, -0.2) is 60.1 Å². The lowest BCUT2D eigenvalue weighted by atomic mass is 9.96. The Labute approximate surface area is 145 Å². The van der Waals surface area contributed by atoms with Crippen molar-refractivity contribution in [3.63, 3.8) is 0 Å². The maximum absolute atomic E-state index is 11.9. The van der Waals surface area contributed by atoms with E-state index in [1.54, 1.807) is 6.92 Å². The lowest BCUT2D eigenvalue weighted by molar-refractivity contribution is -0.0955. The van der Waals surface area contributed by atoms with Crippen molar-refractivity contribution in [2.24, 2.45) is 4.99 Å². The number of nitrogens with zero attached hydrogens (tertiary/aromatic N) is 3. The maximum atomic E-state index is 11.9. The predicted molar refractivity (Wildman–Crippen MR) is 90.6 cm³/mol. The van der Waals surface area contributed by atoms with Crippen molar-refractivity contribution in [3.05, 3.63) is 26.9 Å². The van der Waals surface area contributed by atoms with Crippen molar-refractivity contribution in [1.29, 1.82) is 0 Å². The topological polar surface area (TPSA) is 162 Å². The first-order valence-corrected chi connectivity index (χ1v) is 7.92. The minimum Gasteiger partial charge on any atom is -0.394 e. The highest BCUT2D eigenvalue weighted by molar-refractivity contribution is 6.10. The van der Waals surface area contributed by atoms with Gasteiger partial charge >= 0.3 is 11.1 Å². The molecule has 0 radical (unpaired) electrons. The molecule has 0 amide bonds. The van der Waals surface area contributed by atoms with Crippen LogP contribution in [0.5, 0.6) is 0 Å². The summed E-state index contributed by atoms with van der Waals surface area (Å²) in [4.78, 5) is 34.2. The molecule has 4 atom stereocenters. The number of ether oxygens (including phenoxy) is 1. The number of hydrogen-bond donors (Lipinski definition) is 5. The Morgan fingerprint density at radius 1 is 1.42 bits per heavy atom. The second-order valence-corrected chi connectivity index (χ2v) is 6.57. The van der Waals surface area contributed by atoms with Crippen LogP contribution in [0.25, 0.3) is 10.9 Å². The van der Waals surface area contributed by atoms with E-state index < -0.39 is 41.8 Å². The van der Waals surface area contributed by atoms with Gasteiger partial charge in [-0.05, 0) is 13.8 Å². The standard InChI is InChI=1S/C15H17N5O6/c1-5-16-10-8-6(18-12(23)13(24)19-10)3-20(11(8)17-5)14-15(2,25)9(22)7(4-21)26-14/h3,7,9,14,21-22,25H,4H2,1-2H3,(H,18,23)(H,16,17,19,24)/t7-,9-,14?,15-/m1/s1. The van der Waals surface area contributed by atoms with Gasteiger partial charge in [-0.25, -0.2) is 4.99 Å². The van der Waals surface area contributed by atoms with Gasteiger partial charge < -0.3 is 34.9 Å². The minimum absolute atomic E-state index is 0.154. The lowest BCUT2D eigenvalue weighted by Gasteiger charge is -2.28.